The van der Waals surface area contributed by atoms with Crippen molar-refractivity contribution in [1.82, 2.24) is 15.0 Å². The first-order valence-corrected chi connectivity index (χ1v) is 5.28. The van der Waals surface area contributed by atoms with Crippen molar-refractivity contribution in [3.8, 4) is 17.6 Å². The molecule has 2 aromatic heterocycles. The summed E-state index contributed by atoms with van der Waals surface area (Å²) >= 11 is 0. The van der Waals surface area contributed by atoms with E-state index >= 15 is 0 Å². The summed E-state index contributed by atoms with van der Waals surface area (Å²) in [5, 5.41) is 8.69. The fourth-order valence-corrected chi connectivity index (χ4v) is 1.72. The molecule has 0 saturated carbocycles. The Morgan fingerprint density at radius 1 is 1.22 bits per heavy atom. The minimum Gasteiger partial charge on any atom is -0.337 e. The van der Waals surface area contributed by atoms with Gasteiger partial charge >= 0.3 is 0 Å². The fourth-order valence-electron chi connectivity index (χ4n) is 1.72. The van der Waals surface area contributed by atoms with Crippen LogP contribution in [0.5, 0.6) is 0 Å². The molecule has 5 heteroatoms. The molecule has 0 spiro atoms. The van der Waals surface area contributed by atoms with Crippen LogP contribution in [-0.2, 0) is 0 Å². The van der Waals surface area contributed by atoms with Crippen molar-refractivity contribution in [3.05, 3.63) is 47.9 Å². The highest BCUT2D eigenvalue weighted by molar-refractivity contribution is 5.79. The number of rotatable bonds is 1. The number of aromatic amines is 1. The Bertz CT molecular complexity index is 753. The van der Waals surface area contributed by atoms with Crippen molar-refractivity contribution in [2.24, 2.45) is 0 Å². The first kappa shape index (κ1) is 10.4. The van der Waals surface area contributed by atoms with Crippen LogP contribution in [0.2, 0.25) is 0 Å². The number of para-hydroxylation sites is 1. The van der Waals surface area contributed by atoms with Crippen LogP contribution >= 0.6 is 0 Å². The summed E-state index contributed by atoms with van der Waals surface area (Å²) < 4.78 is 13.5. The van der Waals surface area contributed by atoms with Gasteiger partial charge in [0.15, 0.2) is 11.6 Å². The van der Waals surface area contributed by atoms with Gasteiger partial charge in [-0.15, -0.1) is 0 Å². The number of fused-ring (bicyclic) bond motifs is 1. The lowest BCUT2D eigenvalue weighted by molar-refractivity contribution is 0.637. The molecule has 0 aliphatic rings. The van der Waals surface area contributed by atoms with Crippen LogP contribution in [0.25, 0.3) is 22.6 Å². The lowest BCUT2D eigenvalue weighted by Crippen LogP contribution is -1.86. The number of nitrogens with zero attached hydrogens (tertiary/aromatic N) is 3. The van der Waals surface area contributed by atoms with Crippen LogP contribution in [-0.4, -0.2) is 15.0 Å². The van der Waals surface area contributed by atoms with Gasteiger partial charge in [-0.1, -0.05) is 6.07 Å². The predicted molar refractivity (Wildman–Crippen MR) is 64.0 cm³/mol. The second kappa shape index (κ2) is 3.93. The van der Waals surface area contributed by atoms with E-state index in [4.69, 9.17) is 5.26 Å². The van der Waals surface area contributed by atoms with E-state index in [-0.39, 0.29) is 5.82 Å². The quantitative estimate of drug-likeness (QED) is 0.708. The normalized spacial score (nSPS) is 10.4. The molecular weight excluding hydrogens is 231 g/mol. The molecule has 0 amide bonds. The molecule has 3 rings (SSSR count). The lowest BCUT2D eigenvalue weighted by atomic mass is 10.2. The van der Waals surface area contributed by atoms with Crippen molar-refractivity contribution in [3.63, 3.8) is 0 Å². The number of hydrogen-bond acceptors (Lipinski definition) is 3. The average Bonchev–Trinajstić information content (AvgIpc) is 2.84. The number of benzene rings is 1. The highest BCUT2D eigenvalue weighted by Crippen LogP contribution is 2.20. The standard InChI is InChI=1S/C13H7FN4/c14-9-2-1-3-10-12(9)18-13(17-10)11-5-4-8(6-15)7-16-11/h1-5,7H,(H,17,18). The second-order valence-corrected chi connectivity index (χ2v) is 3.77. The van der Waals surface area contributed by atoms with Crippen molar-refractivity contribution >= 4 is 11.0 Å². The maximum Gasteiger partial charge on any atom is 0.157 e. The van der Waals surface area contributed by atoms with Gasteiger partial charge in [-0.2, -0.15) is 5.26 Å². The van der Waals surface area contributed by atoms with E-state index in [1.54, 1.807) is 24.3 Å². The number of nitriles is 1. The summed E-state index contributed by atoms with van der Waals surface area (Å²) in [5.41, 5.74) is 1.96. The molecule has 3 aromatic rings. The monoisotopic (exact) mass is 238 g/mol. The summed E-state index contributed by atoms with van der Waals surface area (Å²) in [6.45, 7) is 0. The Kier molecular flexibility index (Phi) is 2.27. The predicted octanol–water partition coefficient (Wildman–Crippen LogP) is 2.64. The third-order valence-electron chi connectivity index (χ3n) is 2.60. The third-order valence-corrected chi connectivity index (χ3v) is 2.60. The van der Waals surface area contributed by atoms with E-state index in [0.29, 0.717) is 28.1 Å². The molecule has 2 heterocycles. The molecule has 1 aromatic carbocycles. The Morgan fingerprint density at radius 2 is 2.11 bits per heavy atom. The minimum atomic E-state index is -0.372. The number of hydrogen-bond donors (Lipinski definition) is 1. The smallest absolute Gasteiger partial charge is 0.157 e. The Labute approximate surface area is 102 Å². The zero-order valence-corrected chi connectivity index (χ0v) is 9.18. The Balaban J connectivity index is 2.14. The average molecular weight is 238 g/mol. The van der Waals surface area contributed by atoms with Gasteiger partial charge in [0.1, 0.15) is 17.3 Å². The van der Waals surface area contributed by atoms with Gasteiger partial charge in [0, 0.05) is 6.20 Å². The largest absolute Gasteiger partial charge is 0.337 e. The molecule has 0 unspecified atom stereocenters. The maximum atomic E-state index is 13.5. The van der Waals surface area contributed by atoms with E-state index < -0.39 is 0 Å². The highest BCUT2D eigenvalue weighted by atomic mass is 19.1. The topological polar surface area (TPSA) is 65.4 Å². The van der Waals surface area contributed by atoms with Crippen LogP contribution in [0.1, 0.15) is 5.56 Å². The first-order valence-electron chi connectivity index (χ1n) is 5.28. The van der Waals surface area contributed by atoms with E-state index in [9.17, 15) is 4.39 Å². The van der Waals surface area contributed by atoms with E-state index in [1.807, 2.05) is 6.07 Å². The van der Waals surface area contributed by atoms with Gasteiger partial charge in [0.25, 0.3) is 0 Å². The molecular formula is C13H7FN4. The van der Waals surface area contributed by atoms with E-state index in [1.165, 1.54) is 12.3 Å². The van der Waals surface area contributed by atoms with Gasteiger partial charge in [-0.25, -0.2) is 9.37 Å². The zero-order valence-electron chi connectivity index (χ0n) is 9.18. The van der Waals surface area contributed by atoms with Crippen LogP contribution in [0.3, 0.4) is 0 Å². The Morgan fingerprint density at radius 3 is 2.78 bits per heavy atom. The third kappa shape index (κ3) is 1.60. The van der Waals surface area contributed by atoms with Crippen molar-refractivity contribution < 1.29 is 4.39 Å². The molecule has 0 fully saturated rings. The van der Waals surface area contributed by atoms with Gasteiger partial charge in [0.05, 0.1) is 11.1 Å². The molecule has 4 nitrogen and oxygen atoms in total. The number of aromatic nitrogens is 3. The second-order valence-electron chi connectivity index (χ2n) is 3.77. The SMILES string of the molecule is N#Cc1ccc(-c2nc3c(F)cccc3[nH]2)nc1. The van der Waals surface area contributed by atoms with Crippen molar-refractivity contribution in [1.29, 1.82) is 5.26 Å². The minimum absolute atomic E-state index is 0.290. The lowest BCUT2D eigenvalue weighted by Gasteiger charge is -1.94. The van der Waals surface area contributed by atoms with Gasteiger partial charge in [0.2, 0.25) is 0 Å². The van der Waals surface area contributed by atoms with Crippen LogP contribution < -0.4 is 0 Å². The van der Waals surface area contributed by atoms with Crippen molar-refractivity contribution in [2.45, 2.75) is 0 Å². The number of pyridine rings is 1. The van der Waals surface area contributed by atoms with Gasteiger partial charge in [-0.05, 0) is 24.3 Å². The number of imidazole rings is 1. The molecule has 0 saturated heterocycles. The molecule has 0 atom stereocenters. The summed E-state index contributed by atoms with van der Waals surface area (Å²) in [4.78, 5) is 11.3. The molecule has 1 N–H and O–H groups in total. The van der Waals surface area contributed by atoms with Crippen LogP contribution in [0.4, 0.5) is 4.39 Å². The molecule has 0 aliphatic carbocycles. The highest BCUT2D eigenvalue weighted by Gasteiger charge is 2.09. The summed E-state index contributed by atoms with van der Waals surface area (Å²) in [6.07, 6.45) is 1.46. The van der Waals surface area contributed by atoms with Crippen LogP contribution in [0, 0.1) is 17.1 Å². The molecule has 18 heavy (non-hydrogen) atoms. The number of H-pyrrole nitrogens is 1. The number of nitrogens with one attached hydrogen (secondary N) is 1. The fraction of sp³-hybridized carbons (Fsp3) is 0. The van der Waals surface area contributed by atoms with E-state index in [2.05, 4.69) is 15.0 Å². The van der Waals surface area contributed by atoms with Crippen molar-refractivity contribution in [2.75, 3.05) is 0 Å². The molecule has 0 aliphatic heterocycles. The van der Waals surface area contributed by atoms with Gasteiger partial charge in [-0.3, -0.25) is 4.98 Å². The number of halogens is 1. The Hall–Kier alpha value is -2.74. The van der Waals surface area contributed by atoms with E-state index in [0.717, 1.165) is 0 Å². The molecule has 0 bridgehead atoms. The summed E-state index contributed by atoms with van der Waals surface area (Å²) in [7, 11) is 0. The molecule has 0 radical (unpaired) electrons. The molecule has 86 valence electrons. The zero-order chi connectivity index (χ0) is 12.5. The summed E-state index contributed by atoms with van der Waals surface area (Å²) in [5.74, 6) is 0.114. The van der Waals surface area contributed by atoms with Crippen LogP contribution in [0.15, 0.2) is 36.5 Å². The summed E-state index contributed by atoms with van der Waals surface area (Å²) in [6, 6.07) is 10.0. The van der Waals surface area contributed by atoms with Gasteiger partial charge < -0.3 is 4.98 Å². The first-order chi connectivity index (χ1) is 8.78. The maximum absolute atomic E-state index is 13.5.